The van der Waals surface area contributed by atoms with E-state index in [-0.39, 0.29) is 0 Å². The van der Waals surface area contributed by atoms with Crippen molar-refractivity contribution in [1.82, 2.24) is 5.32 Å². The van der Waals surface area contributed by atoms with Gasteiger partial charge in [0.1, 0.15) is 0 Å². The molecule has 0 amide bonds. The fourth-order valence-electron chi connectivity index (χ4n) is 3.17. The first-order valence-corrected chi connectivity index (χ1v) is 6.67. The van der Waals surface area contributed by atoms with Gasteiger partial charge in [-0.05, 0) is 51.0 Å². The molecule has 0 aromatic rings. The van der Waals surface area contributed by atoms with Gasteiger partial charge in [-0.3, -0.25) is 0 Å². The fraction of sp³-hybridized carbons (Fsp3) is 1.00. The highest BCUT2D eigenvalue weighted by Crippen LogP contribution is 2.32. The van der Waals surface area contributed by atoms with Gasteiger partial charge in [-0.2, -0.15) is 0 Å². The first kappa shape index (κ1) is 11.4. The Kier molecular flexibility index (Phi) is 4.04. The van der Waals surface area contributed by atoms with Gasteiger partial charge < -0.3 is 10.1 Å². The minimum absolute atomic E-state index is 0.448. The van der Waals surface area contributed by atoms with Gasteiger partial charge in [-0.25, -0.2) is 0 Å². The van der Waals surface area contributed by atoms with E-state index in [0.717, 1.165) is 19.1 Å². The summed E-state index contributed by atoms with van der Waals surface area (Å²) < 4.78 is 5.59. The molecule has 2 heterocycles. The number of hydrogen-bond donors (Lipinski definition) is 1. The number of piperidine rings is 1. The van der Waals surface area contributed by atoms with Gasteiger partial charge in [0.15, 0.2) is 0 Å². The summed E-state index contributed by atoms with van der Waals surface area (Å²) in [5.74, 6) is 0.810. The molecule has 1 N–H and O–H groups in total. The SMILES string of the molecule is CCC1(CC2CCCOC2)CCCCN1. The largest absolute Gasteiger partial charge is 0.381 e. The Labute approximate surface area is 93.8 Å². The molecule has 2 aliphatic heterocycles. The van der Waals surface area contributed by atoms with Gasteiger partial charge in [-0.1, -0.05) is 13.3 Å². The van der Waals surface area contributed by atoms with Crippen LogP contribution in [-0.2, 0) is 4.74 Å². The van der Waals surface area contributed by atoms with Crippen molar-refractivity contribution in [2.75, 3.05) is 19.8 Å². The van der Waals surface area contributed by atoms with Gasteiger partial charge in [0.2, 0.25) is 0 Å². The van der Waals surface area contributed by atoms with E-state index in [1.54, 1.807) is 0 Å². The van der Waals surface area contributed by atoms with Crippen molar-refractivity contribution >= 4 is 0 Å². The van der Waals surface area contributed by atoms with Crippen LogP contribution < -0.4 is 5.32 Å². The molecule has 0 radical (unpaired) electrons. The Bertz CT molecular complexity index is 181. The Morgan fingerprint density at radius 1 is 1.33 bits per heavy atom. The van der Waals surface area contributed by atoms with Gasteiger partial charge in [0, 0.05) is 18.8 Å². The number of ether oxygens (including phenoxy) is 1. The summed E-state index contributed by atoms with van der Waals surface area (Å²) in [6.07, 6.45) is 9.41. The zero-order valence-corrected chi connectivity index (χ0v) is 10.1. The third-order valence-electron chi connectivity index (χ3n) is 4.19. The number of hydrogen-bond acceptors (Lipinski definition) is 2. The van der Waals surface area contributed by atoms with E-state index in [4.69, 9.17) is 4.74 Å². The highest BCUT2D eigenvalue weighted by Gasteiger charge is 2.32. The van der Waals surface area contributed by atoms with Crippen LogP contribution in [0.4, 0.5) is 0 Å². The molecule has 2 unspecified atom stereocenters. The Balaban J connectivity index is 1.87. The van der Waals surface area contributed by atoms with Crippen molar-refractivity contribution in [3.8, 4) is 0 Å². The van der Waals surface area contributed by atoms with Crippen LogP contribution >= 0.6 is 0 Å². The van der Waals surface area contributed by atoms with Gasteiger partial charge in [0.25, 0.3) is 0 Å². The molecule has 2 atom stereocenters. The van der Waals surface area contributed by atoms with Crippen molar-refractivity contribution in [3.63, 3.8) is 0 Å². The Morgan fingerprint density at radius 2 is 2.27 bits per heavy atom. The first-order valence-electron chi connectivity index (χ1n) is 6.67. The number of nitrogens with one attached hydrogen (secondary N) is 1. The van der Waals surface area contributed by atoms with Crippen LogP contribution in [0.3, 0.4) is 0 Å². The molecule has 0 bridgehead atoms. The van der Waals surface area contributed by atoms with Crippen molar-refractivity contribution in [3.05, 3.63) is 0 Å². The average Bonchev–Trinajstić information content (AvgIpc) is 2.32. The molecule has 15 heavy (non-hydrogen) atoms. The average molecular weight is 211 g/mol. The lowest BCUT2D eigenvalue weighted by atomic mass is 9.78. The third-order valence-corrected chi connectivity index (χ3v) is 4.19. The molecule has 0 aromatic carbocycles. The van der Waals surface area contributed by atoms with Crippen LogP contribution in [0.15, 0.2) is 0 Å². The summed E-state index contributed by atoms with van der Waals surface area (Å²) in [6.45, 7) is 5.55. The van der Waals surface area contributed by atoms with E-state index in [1.165, 1.54) is 51.5 Å². The quantitative estimate of drug-likeness (QED) is 0.775. The fourth-order valence-corrected chi connectivity index (χ4v) is 3.17. The van der Waals surface area contributed by atoms with Crippen LogP contribution in [0.5, 0.6) is 0 Å². The minimum Gasteiger partial charge on any atom is -0.381 e. The Hall–Kier alpha value is -0.0800. The second kappa shape index (κ2) is 5.31. The van der Waals surface area contributed by atoms with Crippen molar-refractivity contribution in [2.45, 2.75) is 57.4 Å². The van der Waals surface area contributed by atoms with Crippen LogP contribution in [-0.4, -0.2) is 25.3 Å². The molecule has 0 aromatic heterocycles. The third kappa shape index (κ3) is 2.94. The molecule has 2 aliphatic rings. The van der Waals surface area contributed by atoms with Crippen LogP contribution in [0.25, 0.3) is 0 Å². The molecule has 2 rings (SSSR count). The minimum atomic E-state index is 0.448. The molecule has 0 spiro atoms. The summed E-state index contributed by atoms with van der Waals surface area (Å²) in [4.78, 5) is 0. The summed E-state index contributed by atoms with van der Waals surface area (Å²) in [5, 5.41) is 3.77. The van der Waals surface area contributed by atoms with E-state index in [0.29, 0.717) is 5.54 Å². The van der Waals surface area contributed by atoms with Crippen LogP contribution in [0, 0.1) is 5.92 Å². The van der Waals surface area contributed by atoms with E-state index in [9.17, 15) is 0 Å². The number of rotatable bonds is 3. The monoisotopic (exact) mass is 211 g/mol. The Morgan fingerprint density at radius 3 is 2.87 bits per heavy atom. The molecule has 88 valence electrons. The maximum absolute atomic E-state index is 5.59. The van der Waals surface area contributed by atoms with Gasteiger partial charge in [-0.15, -0.1) is 0 Å². The molecule has 2 saturated heterocycles. The zero-order valence-electron chi connectivity index (χ0n) is 10.1. The molecule has 0 saturated carbocycles. The van der Waals surface area contributed by atoms with Gasteiger partial charge >= 0.3 is 0 Å². The van der Waals surface area contributed by atoms with Crippen molar-refractivity contribution < 1.29 is 4.74 Å². The summed E-state index contributed by atoms with van der Waals surface area (Å²) in [5.41, 5.74) is 0.448. The normalized spacial score (nSPS) is 37.8. The molecule has 0 aliphatic carbocycles. The maximum Gasteiger partial charge on any atom is 0.0494 e. The summed E-state index contributed by atoms with van der Waals surface area (Å²) >= 11 is 0. The molecule has 2 fully saturated rings. The topological polar surface area (TPSA) is 21.3 Å². The predicted molar refractivity (Wildman–Crippen MR) is 63.0 cm³/mol. The first-order chi connectivity index (χ1) is 7.35. The predicted octanol–water partition coefficient (Wildman–Crippen LogP) is 2.73. The molecular weight excluding hydrogens is 186 g/mol. The lowest BCUT2D eigenvalue weighted by Gasteiger charge is -2.41. The van der Waals surface area contributed by atoms with E-state index in [2.05, 4.69) is 12.2 Å². The standard InChI is InChI=1S/C13H25NO/c1-2-13(7-3-4-8-14-13)10-12-6-5-9-15-11-12/h12,14H,2-11H2,1H3. The smallest absolute Gasteiger partial charge is 0.0494 e. The van der Waals surface area contributed by atoms with E-state index in [1.807, 2.05) is 0 Å². The molecule has 2 nitrogen and oxygen atoms in total. The second-order valence-electron chi connectivity index (χ2n) is 5.31. The van der Waals surface area contributed by atoms with Gasteiger partial charge in [0.05, 0.1) is 0 Å². The summed E-state index contributed by atoms with van der Waals surface area (Å²) in [6, 6.07) is 0. The van der Waals surface area contributed by atoms with E-state index >= 15 is 0 Å². The zero-order chi connectivity index (χ0) is 10.6. The molecular formula is C13H25NO. The lowest BCUT2D eigenvalue weighted by Crippen LogP contribution is -2.49. The highest BCUT2D eigenvalue weighted by atomic mass is 16.5. The van der Waals surface area contributed by atoms with Crippen molar-refractivity contribution in [1.29, 1.82) is 0 Å². The van der Waals surface area contributed by atoms with Crippen LogP contribution in [0.2, 0.25) is 0 Å². The van der Waals surface area contributed by atoms with E-state index < -0.39 is 0 Å². The maximum atomic E-state index is 5.59. The molecule has 2 heteroatoms. The van der Waals surface area contributed by atoms with Crippen molar-refractivity contribution in [2.24, 2.45) is 5.92 Å². The summed E-state index contributed by atoms with van der Waals surface area (Å²) in [7, 11) is 0. The lowest BCUT2D eigenvalue weighted by molar-refractivity contribution is 0.0341. The second-order valence-corrected chi connectivity index (χ2v) is 5.31. The highest BCUT2D eigenvalue weighted by molar-refractivity contribution is 4.91. The van der Waals surface area contributed by atoms with Crippen LogP contribution in [0.1, 0.15) is 51.9 Å².